The topological polar surface area (TPSA) is 136 Å². The first kappa shape index (κ1) is 20.9. The van der Waals surface area contributed by atoms with Gasteiger partial charge in [0.15, 0.2) is 11.3 Å². The van der Waals surface area contributed by atoms with Crippen LogP contribution in [0.4, 0.5) is 0 Å². The molecule has 0 aliphatic rings. The van der Waals surface area contributed by atoms with Crippen LogP contribution in [-0.4, -0.2) is 48.4 Å². The molecule has 3 rings (SSSR count). The zero-order chi connectivity index (χ0) is 22.1. The molecule has 0 saturated heterocycles. The van der Waals surface area contributed by atoms with E-state index in [1.165, 1.54) is 6.20 Å². The van der Waals surface area contributed by atoms with Crippen molar-refractivity contribution in [1.82, 2.24) is 25.1 Å². The number of amides is 1. The Morgan fingerprint density at radius 2 is 1.93 bits per heavy atom. The van der Waals surface area contributed by atoms with Crippen molar-refractivity contribution in [3.63, 3.8) is 0 Å². The summed E-state index contributed by atoms with van der Waals surface area (Å²) < 4.78 is 6.42. The molecule has 10 nitrogen and oxygen atoms in total. The van der Waals surface area contributed by atoms with Gasteiger partial charge in [-0.1, -0.05) is 17.3 Å². The van der Waals surface area contributed by atoms with Crippen molar-refractivity contribution in [1.29, 1.82) is 0 Å². The molecule has 10 heteroatoms. The van der Waals surface area contributed by atoms with Crippen molar-refractivity contribution in [2.75, 3.05) is 0 Å². The van der Waals surface area contributed by atoms with Crippen molar-refractivity contribution in [3.05, 3.63) is 58.5 Å². The quantitative estimate of drug-likeness (QED) is 0.609. The van der Waals surface area contributed by atoms with E-state index in [9.17, 15) is 19.5 Å². The minimum Gasteiger partial charge on any atom is -0.477 e. The SMILES string of the molecule is Cc1cc(CNC(=O)c2cc(C(=O)O)n3nncc3n2)ccc1C(=O)OC(C)(C)C. The van der Waals surface area contributed by atoms with E-state index in [0.29, 0.717) is 11.1 Å². The molecular weight excluding hydrogens is 390 g/mol. The maximum absolute atomic E-state index is 12.5. The molecule has 2 N–H and O–H groups in total. The summed E-state index contributed by atoms with van der Waals surface area (Å²) in [5.41, 5.74) is 1.20. The number of carbonyl (C=O) groups is 3. The number of hydrogen-bond donors (Lipinski definition) is 2. The maximum Gasteiger partial charge on any atom is 0.354 e. The van der Waals surface area contributed by atoms with Gasteiger partial charge in [-0.25, -0.2) is 14.6 Å². The average molecular weight is 411 g/mol. The number of aromatic nitrogens is 4. The van der Waals surface area contributed by atoms with Crippen molar-refractivity contribution in [2.45, 2.75) is 39.8 Å². The minimum atomic E-state index is -1.25. The van der Waals surface area contributed by atoms with Crippen LogP contribution in [-0.2, 0) is 11.3 Å². The Morgan fingerprint density at radius 3 is 2.57 bits per heavy atom. The van der Waals surface area contributed by atoms with Crippen LogP contribution in [0.1, 0.15) is 63.2 Å². The fourth-order valence-electron chi connectivity index (χ4n) is 2.76. The number of hydrogen-bond acceptors (Lipinski definition) is 7. The number of carboxylic acids is 1. The summed E-state index contributed by atoms with van der Waals surface area (Å²) >= 11 is 0. The Bertz CT molecular complexity index is 1150. The van der Waals surface area contributed by atoms with Crippen molar-refractivity contribution >= 4 is 23.5 Å². The van der Waals surface area contributed by atoms with E-state index in [2.05, 4.69) is 20.6 Å². The van der Waals surface area contributed by atoms with E-state index in [0.717, 1.165) is 16.1 Å². The van der Waals surface area contributed by atoms with Gasteiger partial charge in [-0.05, 0) is 44.9 Å². The molecular formula is C20H21N5O5. The number of nitrogens with one attached hydrogen (secondary N) is 1. The smallest absolute Gasteiger partial charge is 0.354 e. The van der Waals surface area contributed by atoms with Crippen LogP contribution in [0.15, 0.2) is 30.5 Å². The lowest BCUT2D eigenvalue weighted by molar-refractivity contribution is 0.00684. The fourth-order valence-corrected chi connectivity index (χ4v) is 2.76. The Labute approximate surface area is 171 Å². The van der Waals surface area contributed by atoms with Gasteiger partial charge >= 0.3 is 11.9 Å². The molecule has 2 heterocycles. The normalized spacial score (nSPS) is 11.3. The Morgan fingerprint density at radius 1 is 1.20 bits per heavy atom. The van der Waals surface area contributed by atoms with E-state index in [1.807, 2.05) is 0 Å². The van der Waals surface area contributed by atoms with Crippen LogP contribution >= 0.6 is 0 Å². The number of esters is 1. The fraction of sp³-hybridized carbons (Fsp3) is 0.300. The molecule has 3 aromatic rings. The molecule has 0 aliphatic heterocycles. The Hall–Kier alpha value is -3.82. The molecule has 0 radical (unpaired) electrons. The van der Waals surface area contributed by atoms with Crippen LogP contribution in [0.5, 0.6) is 0 Å². The highest BCUT2D eigenvalue weighted by molar-refractivity contribution is 5.96. The number of fused-ring (bicyclic) bond motifs is 1. The van der Waals surface area contributed by atoms with Gasteiger partial charge in [0.05, 0.1) is 11.8 Å². The lowest BCUT2D eigenvalue weighted by Crippen LogP contribution is -2.25. The third kappa shape index (κ3) is 4.59. The van der Waals surface area contributed by atoms with E-state index in [4.69, 9.17) is 4.74 Å². The highest BCUT2D eigenvalue weighted by atomic mass is 16.6. The van der Waals surface area contributed by atoms with Crippen LogP contribution < -0.4 is 5.32 Å². The van der Waals surface area contributed by atoms with Crippen LogP contribution in [0, 0.1) is 6.92 Å². The Kier molecular flexibility index (Phi) is 5.50. The molecule has 1 amide bonds. The number of rotatable bonds is 5. The number of ether oxygens (including phenoxy) is 1. The highest BCUT2D eigenvalue weighted by Gasteiger charge is 2.20. The summed E-state index contributed by atoms with van der Waals surface area (Å²) in [4.78, 5) is 40.2. The molecule has 0 saturated carbocycles. The first-order valence-electron chi connectivity index (χ1n) is 9.11. The predicted molar refractivity (Wildman–Crippen MR) is 105 cm³/mol. The maximum atomic E-state index is 12.5. The van der Waals surface area contributed by atoms with E-state index >= 15 is 0 Å². The van der Waals surface area contributed by atoms with Gasteiger partial charge in [-0.15, -0.1) is 5.10 Å². The number of carbonyl (C=O) groups excluding carboxylic acids is 2. The van der Waals surface area contributed by atoms with E-state index < -0.39 is 23.4 Å². The van der Waals surface area contributed by atoms with Gasteiger partial charge in [0, 0.05) is 12.6 Å². The lowest BCUT2D eigenvalue weighted by Gasteiger charge is -2.20. The summed E-state index contributed by atoms with van der Waals surface area (Å²) in [6.07, 6.45) is 1.27. The number of aryl methyl sites for hydroxylation is 1. The molecule has 30 heavy (non-hydrogen) atoms. The van der Waals surface area contributed by atoms with Gasteiger partial charge in [0.2, 0.25) is 0 Å². The molecule has 0 unspecified atom stereocenters. The third-order valence-corrected chi connectivity index (χ3v) is 4.08. The summed E-state index contributed by atoms with van der Waals surface area (Å²) in [5.74, 6) is -2.21. The second kappa shape index (κ2) is 7.90. The summed E-state index contributed by atoms with van der Waals surface area (Å²) in [6, 6.07) is 6.28. The van der Waals surface area contributed by atoms with Crippen LogP contribution in [0.2, 0.25) is 0 Å². The van der Waals surface area contributed by atoms with Crippen molar-refractivity contribution < 1.29 is 24.2 Å². The average Bonchev–Trinajstić information content (AvgIpc) is 3.12. The van der Waals surface area contributed by atoms with E-state index in [-0.39, 0.29) is 23.6 Å². The highest BCUT2D eigenvalue weighted by Crippen LogP contribution is 2.17. The molecule has 0 aliphatic carbocycles. The summed E-state index contributed by atoms with van der Waals surface area (Å²) in [6.45, 7) is 7.34. The van der Waals surface area contributed by atoms with Crippen molar-refractivity contribution in [2.24, 2.45) is 0 Å². The summed E-state index contributed by atoms with van der Waals surface area (Å²) in [7, 11) is 0. The molecule has 0 fully saturated rings. The molecule has 2 aromatic heterocycles. The first-order chi connectivity index (χ1) is 14.0. The molecule has 0 bridgehead atoms. The van der Waals surface area contributed by atoms with E-state index in [1.54, 1.807) is 45.9 Å². The summed E-state index contributed by atoms with van der Waals surface area (Å²) in [5, 5.41) is 19.2. The molecule has 1 aromatic carbocycles. The van der Waals surface area contributed by atoms with Gasteiger partial charge in [0.1, 0.15) is 11.3 Å². The lowest BCUT2D eigenvalue weighted by atomic mass is 10.0. The van der Waals surface area contributed by atoms with Gasteiger partial charge < -0.3 is 15.2 Å². The second-order valence-corrected chi connectivity index (χ2v) is 7.67. The van der Waals surface area contributed by atoms with Crippen LogP contribution in [0.3, 0.4) is 0 Å². The first-order valence-corrected chi connectivity index (χ1v) is 9.11. The van der Waals surface area contributed by atoms with Crippen molar-refractivity contribution in [3.8, 4) is 0 Å². The van der Waals surface area contributed by atoms with Gasteiger partial charge in [-0.2, -0.15) is 4.52 Å². The standard InChI is InChI=1S/C20H21N5O5/c1-11-7-12(5-6-13(11)19(29)30-20(2,3)4)9-21-17(26)14-8-15(18(27)28)25-16(23-14)10-22-24-25/h5-8,10H,9H2,1-4H3,(H,21,26)(H,27,28). The molecule has 0 atom stereocenters. The van der Waals surface area contributed by atoms with Gasteiger partial charge in [-0.3, -0.25) is 4.79 Å². The van der Waals surface area contributed by atoms with Gasteiger partial charge in [0.25, 0.3) is 5.91 Å². The molecule has 156 valence electrons. The van der Waals surface area contributed by atoms with Crippen LogP contribution in [0.25, 0.3) is 5.65 Å². The Balaban J connectivity index is 1.73. The molecule has 0 spiro atoms. The number of benzene rings is 1. The zero-order valence-corrected chi connectivity index (χ0v) is 17.0. The predicted octanol–water partition coefficient (Wildman–Crippen LogP) is 2.02. The zero-order valence-electron chi connectivity index (χ0n) is 17.0. The number of nitrogens with zero attached hydrogens (tertiary/aromatic N) is 4. The number of aromatic carboxylic acids is 1. The minimum absolute atomic E-state index is 0.0655. The monoisotopic (exact) mass is 411 g/mol. The second-order valence-electron chi connectivity index (χ2n) is 7.67. The third-order valence-electron chi connectivity index (χ3n) is 4.08. The number of carboxylic acid groups (broad SMARTS) is 1. The largest absolute Gasteiger partial charge is 0.477 e.